The van der Waals surface area contributed by atoms with Crippen LogP contribution in [0.15, 0.2) is 0 Å². The normalized spacial score (nSPS) is 23.6. The van der Waals surface area contributed by atoms with Gasteiger partial charge in [0.05, 0.1) is 6.10 Å². The topological polar surface area (TPSA) is 38.5 Å². The fourth-order valence-corrected chi connectivity index (χ4v) is 2.33. The Morgan fingerprint density at radius 3 is 2.88 bits per heavy atom. The zero-order valence-corrected chi connectivity index (χ0v) is 11.0. The van der Waals surface area contributed by atoms with E-state index in [2.05, 4.69) is 18.9 Å². The van der Waals surface area contributed by atoms with E-state index in [0.29, 0.717) is 12.1 Å². The van der Waals surface area contributed by atoms with E-state index in [1.54, 1.807) is 0 Å². The Bertz CT molecular complexity index is 169. The summed E-state index contributed by atoms with van der Waals surface area (Å²) in [6.07, 6.45) is 7.84. The van der Waals surface area contributed by atoms with Crippen LogP contribution >= 0.6 is 0 Å². The Morgan fingerprint density at radius 1 is 1.44 bits per heavy atom. The molecule has 0 amide bonds. The number of hydrogen-bond donors (Lipinski definition) is 1. The first-order valence-corrected chi connectivity index (χ1v) is 6.78. The molecule has 2 atom stereocenters. The average Bonchev–Trinajstić information content (AvgIpc) is 2.27. The van der Waals surface area contributed by atoms with Gasteiger partial charge in [-0.3, -0.25) is 0 Å². The second-order valence-electron chi connectivity index (χ2n) is 5.11. The molecule has 0 spiro atoms. The molecule has 0 aromatic carbocycles. The first-order valence-electron chi connectivity index (χ1n) is 6.78. The molecule has 0 aromatic rings. The molecule has 2 N–H and O–H groups in total. The molecule has 96 valence electrons. The predicted molar refractivity (Wildman–Crippen MR) is 68.6 cm³/mol. The molecule has 0 radical (unpaired) electrons. The van der Waals surface area contributed by atoms with E-state index in [1.807, 2.05) is 0 Å². The monoisotopic (exact) mass is 228 g/mol. The molecular weight excluding hydrogens is 200 g/mol. The quantitative estimate of drug-likeness (QED) is 0.724. The molecule has 2 unspecified atom stereocenters. The highest BCUT2D eigenvalue weighted by atomic mass is 16.5. The van der Waals surface area contributed by atoms with Gasteiger partial charge in [0, 0.05) is 25.7 Å². The van der Waals surface area contributed by atoms with Crippen molar-refractivity contribution in [3.63, 3.8) is 0 Å². The van der Waals surface area contributed by atoms with Gasteiger partial charge in [-0.2, -0.15) is 0 Å². The third-order valence-corrected chi connectivity index (χ3v) is 3.26. The second kappa shape index (κ2) is 8.04. The summed E-state index contributed by atoms with van der Waals surface area (Å²) in [7, 11) is 2.16. The summed E-state index contributed by atoms with van der Waals surface area (Å²) in [5.41, 5.74) is 6.08. The number of rotatable bonds is 7. The van der Waals surface area contributed by atoms with Crippen molar-refractivity contribution in [3.05, 3.63) is 0 Å². The SMILES string of the molecule is CCCCC(N)CN(C)CC1CCCCO1. The molecule has 16 heavy (non-hydrogen) atoms. The Kier molecular flexibility index (Phi) is 7.01. The van der Waals surface area contributed by atoms with Crippen molar-refractivity contribution in [2.75, 3.05) is 26.7 Å². The van der Waals surface area contributed by atoms with Crippen LogP contribution in [0.2, 0.25) is 0 Å². The van der Waals surface area contributed by atoms with E-state index in [1.165, 1.54) is 32.1 Å². The van der Waals surface area contributed by atoms with Crippen molar-refractivity contribution in [2.45, 2.75) is 57.6 Å². The molecule has 1 saturated heterocycles. The van der Waals surface area contributed by atoms with Gasteiger partial charge in [-0.25, -0.2) is 0 Å². The molecule has 3 nitrogen and oxygen atoms in total. The van der Waals surface area contributed by atoms with Crippen molar-refractivity contribution < 1.29 is 4.74 Å². The third-order valence-electron chi connectivity index (χ3n) is 3.26. The minimum absolute atomic E-state index is 0.327. The highest BCUT2D eigenvalue weighted by Gasteiger charge is 2.16. The van der Waals surface area contributed by atoms with Gasteiger partial charge in [0.25, 0.3) is 0 Å². The van der Waals surface area contributed by atoms with Crippen LogP contribution in [-0.4, -0.2) is 43.8 Å². The maximum atomic E-state index is 6.08. The summed E-state index contributed by atoms with van der Waals surface area (Å²) in [5, 5.41) is 0. The molecule has 0 saturated carbocycles. The lowest BCUT2D eigenvalue weighted by Crippen LogP contribution is -2.40. The van der Waals surface area contributed by atoms with Crippen LogP contribution in [0.25, 0.3) is 0 Å². The summed E-state index contributed by atoms with van der Waals surface area (Å²) in [5.74, 6) is 0. The van der Waals surface area contributed by atoms with E-state index in [9.17, 15) is 0 Å². The Labute approximate surface area is 100 Å². The van der Waals surface area contributed by atoms with Crippen molar-refractivity contribution in [1.29, 1.82) is 0 Å². The highest BCUT2D eigenvalue weighted by Crippen LogP contribution is 2.13. The van der Waals surface area contributed by atoms with Gasteiger partial charge in [0.2, 0.25) is 0 Å². The van der Waals surface area contributed by atoms with E-state index < -0.39 is 0 Å². The van der Waals surface area contributed by atoms with Gasteiger partial charge in [-0.15, -0.1) is 0 Å². The Hall–Kier alpha value is -0.120. The largest absolute Gasteiger partial charge is 0.377 e. The maximum Gasteiger partial charge on any atom is 0.0701 e. The lowest BCUT2D eigenvalue weighted by Gasteiger charge is -2.28. The summed E-state index contributed by atoms with van der Waals surface area (Å²) in [6, 6.07) is 0.327. The van der Waals surface area contributed by atoms with Crippen LogP contribution < -0.4 is 5.73 Å². The third kappa shape index (κ3) is 5.83. The highest BCUT2D eigenvalue weighted by molar-refractivity contribution is 4.71. The van der Waals surface area contributed by atoms with Crippen molar-refractivity contribution >= 4 is 0 Å². The first kappa shape index (κ1) is 13.9. The van der Waals surface area contributed by atoms with Gasteiger partial charge in [-0.1, -0.05) is 19.8 Å². The van der Waals surface area contributed by atoms with Crippen molar-refractivity contribution in [2.24, 2.45) is 5.73 Å². The van der Waals surface area contributed by atoms with E-state index >= 15 is 0 Å². The molecule has 0 bridgehead atoms. The zero-order valence-electron chi connectivity index (χ0n) is 11.0. The van der Waals surface area contributed by atoms with Gasteiger partial charge < -0.3 is 15.4 Å². The van der Waals surface area contributed by atoms with Crippen LogP contribution in [0.5, 0.6) is 0 Å². The Balaban J connectivity index is 2.11. The number of nitrogens with zero attached hydrogens (tertiary/aromatic N) is 1. The van der Waals surface area contributed by atoms with E-state index in [4.69, 9.17) is 10.5 Å². The number of hydrogen-bond acceptors (Lipinski definition) is 3. The summed E-state index contributed by atoms with van der Waals surface area (Å²) >= 11 is 0. The van der Waals surface area contributed by atoms with Gasteiger partial charge in [0.1, 0.15) is 0 Å². The lowest BCUT2D eigenvalue weighted by molar-refractivity contribution is -0.00221. The molecule has 1 aliphatic heterocycles. The number of likely N-dealkylation sites (N-methyl/N-ethyl adjacent to an activating group) is 1. The van der Waals surface area contributed by atoms with Crippen molar-refractivity contribution in [3.8, 4) is 0 Å². The van der Waals surface area contributed by atoms with Gasteiger partial charge in [-0.05, 0) is 32.7 Å². The Morgan fingerprint density at radius 2 is 2.25 bits per heavy atom. The summed E-state index contributed by atoms with van der Waals surface area (Å²) in [6.45, 7) is 5.20. The predicted octanol–water partition coefficient (Wildman–Crippen LogP) is 2.00. The average molecular weight is 228 g/mol. The van der Waals surface area contributed by atoms with Crippen LogP contribution in [0.3, 0.4) is 0 Å². The molecular formula is C13H28N2O. The van der Waals surface area contributed by atoms with Crippen molar-refractivity contribution in [1.82, 2.24) is 4.90 Å². The number of unbranched alkanes of at least 4 members (excludes halogenated alkanes) is 1. The minimum atomic E-state index is 0.327. The van der Waals surface area contributed by atoms with Crippen LogP contribution in [0.4, 0.5) is 0 Å². The number of nitrogens with two attached hydrogens (primary N) is 1. The summed E-state index contributed by atoms with van der Waals surface area (Å²) < 4.78 is 5.73. The first-order chi connectivity index (χ1) is 7.72. The molecule has 1 fully saturated rings. The smallest absolute Gasteiger partial charge is 0.0701 e. The lowest BCUT2D eigenvalue weighted by atomic mass is 10.1. The molecule has 1 rings (SSSR count). The molecule has 1 heterocycles. The maximum absolute atomic E-state index is 6.08. The molecule has 3 heteroatoms. The van der Waals surface area contributed by atoms with Crippen LogP contribution in [0.1, 0.15) is 45.4 Å². The fourth-order valence-electron chi connectivity index (χ4n) is 2.33. The number of ether oxygens (including phenoxy) is 1. The zero-order chi connectivity index (χ0) is 11.8. The second-order valence-corrected chi connectivity index (χ2v) is 5.11. The fraction of sp³-hybridized carbons (Fsp3) is 1.00. The standard InChI is InChI=1S/C13H28N2O/c1-3-4-7-12(14)10-15(2)11-13-8-5-6-9-16-13/h12-13H,3-11,14H2,1-2H3. The minimum Gasteiger partial charge on any atom is -0.377 e. The van der Waals surface area contributed by atoms with E-state index in [-0.39, 0.29) is 0 Å². The van der Waals surface area contributed by atoms with Crippen LogP contribution in [-0.2, 0) is 4.74 Å². The van der Waals surface area contributed by atoms with Gasteiger partial charge in [0.15, 0.2) is 0 Å². The van der Waals surface area contributed by atoms with Crippen LogP contribution in [0, 0.1) is 0 Å². The molecule has 0 aliphatic carbocycles. The molecule has 1 aliphatic rings. The van der Waals surface area contributed by atoms with Gasteiger partial charge >= 0.3 is 0 Å². The summed E-state index contributed by atoms with van der Waals surface area (Å²) in [4.78, 5) is 2.33. The van der Waals surface area contributed by atoms with E-state index in [0.717, 1.165) is 26.1 Å². The molecule has 0 aromatic heterocycles.